The molecule has 1 heterocycles. The molecule has 0 aliphatic carbocycles. The van der Waals surface area contributed by atoms with Gasteiger partial charge in [-0.15, -0.1) is 0 Å². The Morgan fingerprint density at radius 2 is 0.789 bits per heavy atom. The topological polar surface area (TPSA) is 18.5 Å². The first-order valence-corrected chi connectivity index (χ1v) is 19.5. The first kappa shape index (κ1) is 29.9. The summed E-state index contributed by atoms with van der Waals surface area (Å²) in [5.74, 6) is -0.585. The Hall–Kier alpha value is -1.10. The number of ether oxygens (including phenoxy) is 2. The summed E-state index contributed by atoms with van der Waals surface area (Å²) in [6.45, 7) is 4.11. The molecule has 2 atom stereocenters. The molecule has 0 spiro atoms. The summed E-state index contributed by atoms with van der Waals surface area (Å²) >= 11 is -0.106. The molecule has 0 N–H and O–H groups in total. The van der Waals surface area contributed by atoms with E-state index in [1.807, 2.05) is 0 Å². The van der Waals surface area contributed by atoms with Gasteiger partial charge in [0.05, 0.1) is 12.2 Å². The third-order valence-corrected chi connectivity index (χ3v) is 11.4. The van der Waals surface area contributed by atoms with E-state index in [0.29, 0.717) is 0 Å². The molecule has 1 fully saturated rings. The minimum atomic E-state index is -0.585. The molecule has 4 aromatic rings. The van der Waals surface area contributed by atoms with Crippen LogP contribution in [-0.4, -0.2) is 30.3 Å². The van der Waals surface area contributed by atoms with Crippen molar-refractivity contribution in [2.75, 3.05) is 12.3 Å². The van der Waals surface area contributed by atoms with Crippen LogP contribution in [0.15, 0.2) is 121 Å². The molecular weight excluding hydrogens is 644 g/mol. The van der Waals surface area contributed by atoms with Crippen LogP contribution in [0.3, 0.4) is 0 Å². The number of hydrogen-bond acceptors (Lipinski definition) is 2. The minimum absolute atomic E-state index is 0.0361. The summed E-state index contributed by atoms with van der Waals surface area (Å²) in [5, 5.41) is 5.53. The van der Waals surface area contributed by atoms with Crippen molar-refractivity contribution >= 4 is 56.1 Å². The van der Waals surface area contributed by atoms with Gasteiger partial charge in [-0.1, -0.05) is 121 Å². The predicted octanol–water partition coefficient (Wildman–Crippen LogP) is 7.15. The van der Waals surface area contributed by atoms with Crippen molar-refractivity contribution in [2.45, 2.75) is 31.8 Å². The van der Waals surface area contributed by atoms with E-state index in [4.69, 9.17) is 28.5 Å². The van der Waals surface area contributed by atoms with Crippen LogP contribution in [0.1, 0.15) is 13.8 Å². The van der Waals surface area contributed by atoms with E-state index < -0.39 is 21.6 Å². The maximum atomic E-state index is 6.61. The fourth-order valence-corrected chi connectivity index (χ4v) is 9.64. The van der Waals surface area contributed by atoms with E-state index >= 15 is 0 Å². The van der Waals surface area contributed by atoms with Crippen molar-refractivity contribution < 1.29 is 25.4 Å². The molecule has 4 aromatic carbocycles. The maximum absolute atomic E-state index is 6.61. The molecule has 0 aromatic heterocycles. The van der Waals surface area contributed by atoms with Crippen molar-refractivity contribution in [1.29, 1.82) is 0 Å². The van der Waals surface area contributed by atoms with Gasteiger partial charge >= 0.3 is 35.0 Å². The molecule has 2 nitrogen and oxygen atoms in total. The third-order valence-electron chi connectivity index (χ3n) is 6.28. The standard InChI is InChI=1S/C31H32O2P2.2ClH.Pd/c1-31(2)32-29(23-34(25-15-7-3-8-16-25)26-17-9-4-10-18-26)30(33-31)24-35(27-19-11-5-12-20-27)28-21-13-6-14-22-28;;;/h3-22,29-30H,23-24H2,1-2H3;2*1H;/q;;;+2/p-2/t29-,30-;;;/m0.../s1. The van der Waals surface area contributed by atoms with E-state index in [9.17, 15) is 0 Å². The van der Waals surface area contributed by atoms with Crippen molar-refractivity contribution in [3.05, 3.63) is 121 Å². The molecule has 202 valence electrons. The van der Waals surface area contributed by atoms with Gasteiger partial charge in [-0.25, -0.2) is 0 Å². The monoisotopic (exact) mass is 674 g/mol. The predicted molar refractivity (Wildman–Crippen MR) is 163 cm³/mol. The normalized spacial score (nSPS) is 18.4. The van der Waals surface area contributed by atoms with Gasteiger partial charge < -0.3 is 9.47 Å². The van der Waals surface area contributed by atoms with Crippen LogP contribution in [0.4, 0.5) is 0 Å². The fourth-order valence-electron chi connectivity index (χ4n) is 4.73. The summed E-state index contributed by atoms with van der Waals surface area (Å²) in [7, 11) is 8.51. The molecule has 0 saturated carbocycles. The van der Waals surface area contributed by atoms with Crippen LogP contribution in [0.2, 0.25) is 0 Å². The van der Waals surface area contributed by atoms with Crippen LogP contribution in [0.5, 0.6) is 0 Å². The van der Waals surface area contributed by atoms with E-state index in [2.05, 4.69) is 135 Å². The number of benzene rings is 4. The zero-order chi connectivity index (χ0) is 26.8. The first-order valence-electron chi connectivity index (χ1n) is 12.4. The molecule has 1 aliphatic heterocycles. The third kappa shape index (κ3) is 8.45. The van der Waals surface area contributed by atoms with E-state index in [-0.39, 0.29) is 28.1 Å². The zero-order valence-electron chi connectivity index (χ0n) is 21.4. The molecule has 1 aliphatic rings. The molecule has 38 heavy (non-hydrogen) atoms. The molecular formula is C31H32Cl2O2P2Pd. The molecule has 5 rings (SSSR count). The fraction of sp³-hybridized carbons (Fsp3) is 0.226. The second-order valence-corrected chi connectivity index (χ2v) is 16.2. The zero-order valence-corrected chi connectivity index (χ0v) is 26.3. The van der Waals surface area contributed by atoms with Crippen molar-refractivity contribution in [2.24, 2.45) is 0 Å². The van der Waals surface area contributed by atoms with Gasteiger partial charge in [-0.05, 0) is 50.9 Å². The van der Waals surface area contributed by atoms with E-state index in [0.717, 1.165) is 12.3 Å². The number of rotatable bonds is 8. The number of halogens is 2. The Morgan fingerprint density at radius 3 is 1.03 bits per heavy atom. The van der Waals surface area contributed by atoms with Crippen LogP contribution in [0.25, 0.3) is 0 Å². The molecule has 0 bridgehead atoms. The van der Waals surface area contributed by atoms with Gasteiger partial charge in [0.2, 0.25) is 0 Å². The first-order chi connectivity index (χ1) is 18.5. The Labute approximate surface area is 245 Å². The Kier molecular flexibility index (Phi) is 11.8. The average molecular weight is 676 g/mol. The van der Waals surface area contributed by atoms with E-state index in [1.54, 1.807) is 0 Å². The van der Waals surface area contributed by atoms with Crippen molar-refractivity contribution in [3.8, 4) is 0 Å². The second-order valence-electron chi connectivity index (χ2n) is 9.32. The van der Waals surface area contributed by atoms with Crippen LogP contribution in [-0.2, 0) is 25.4 Å². The van der Waals surface area contributed by atoms with Gasteiger partial charge in [0, 0.05) is 12.3 Å². The molecule has 0 amide bonds. The quantitative estimate of drug-likeness (QED) is 0.146. The summed E-state index contributed by atoms with van der Waals surface area (Å²) in [6, 6.07) is 43.6. The Bertz CT molecular complexity index is 1040. The molecule has 0 radical (unpaired) electrons. The molecule has 7 heteroatoms. The second kappa shape index (κ2) is 15.1. The molecule has 1 saturated heterocycles. The van der Waals surface area contributed by atoms with Gasteiger partial charge in [-0.3, -0.25) is 0 Å². The van der Waals surface area contributed by atoms with E-state index in [1.165, 1.54) is 21.2 Å². The van der Waals surface area contributed by atoms with Crippen molar-refractivity contribution in [3.63, 3.8) is 0 Å². The van der Waals surface area contributed by atoms with Gasteiger partial charge in [0.15, 0.2) is 5.79 Å². The summed E-state index contributed by atoms with van der Waals surface area (Å²) in [5.41, 5.74) is 0. The van der Waals surface area contributed by atoms with Crippen molar-refractivity contribution in [1.82, 2.24) is 0 Å². The molecule has 0 unspecified atom stereocenters. The Morgan fingerprint density at radius 1 is 0.553 bits per heavy atom. The number of hydrogen-bond donors (Lipinski definition) is 0. The summed E-state index contributed by atoms with van der Waals surface area (Å²) in [6.07, 6.45) is 1.97. The van der Waals surface area contributed by atoms with Crippen LogP contribution >= 0.6 is 34.9 Å². The summed E-state index contributed by atoms with van der Waals surface area (Å²) in [4.78, 5) is 0. The van der Waals surface area contributed by atoms with Gasteiger partial charge in [0.25, 0.3) is 0 Å². The summed E-state index contributed by atoms with van der Waals surface area (Å²) < 4.78 is 13.2. The Balaban J connectivity index is 0.00000107. The van der Waals surface area contributed by atoms with Gasteiger partial charge in [-0.2, -0.15) is 0 Å². The SMILES string of the molecule is CC1(C)O[C@@H](CP(c2ccccc2)c2ccccc2)[C@H](CP(c2ccccc2)c2ccccc2)O1.[Cl][Pd][Cl]. The average Bonchev–Trinajstić information content (AvgIpc) is 3.25. The van der Waals surface area contributed by atoms with Gasteiger partial charge in [0.1, 0.15) is 0 Å². The van der Waals surface area contributed by atoms with Crippen LogP contribution in [0, 0.1) is 0 Å². The van der Waals surface area contributed by atoms with Crippen LogP contribution < -0.4 is 21.2 Å².